The molecule has 4 nitrogen and oxygen atoms in total. The summed E-state index contributed by atoms with van der Waals surface area (Å²) in [5, 5.41) is 3.50. The molecule has 0 saturated heterocycles. The topological polar surface area (TPSA) is 49.4 Å². The first-order valence-corrected chi connectivity index (χ1v) is 9.13. The van der Waals surface area contributed by atoms with Gasteiger partial charge in [0, 0.05) is 22.3 Å². The molecule has 0 spiro atoms. The van der Waals surface area contributed by atoms with E-state index in [0.717, 1.165) is 23.2 Å². The van der Waals surface area contributed by atoms with Crippen molar-refractivity contribution in [2.24, 2.45) is 0 Å². The van der Waals surface area contributed by atoms with Gasteiger partial charge in [0.15, 0.2) is 0 Å². The van der Waals surface area contributed by atoms with Gasteiger partial charge in [-0.1, -0.05) is 30.7 Å². The van der Waals surface area contributed by atoms with Crippen molar-refractivity contribution in [1.29, 1.82) is 0 Å². The molecule has 0 aliphatic heterocycles. The number of aryl methyl sites for hydroxylation is 1. The second-order valence-corrected chi connectivity index (χ2v) is 6.93. The molecule has 138 valence electrons. The maximum atomic E-state index is 12.9. The lowest BCUT2D eigenvalue weighted by molar-refractivity contribution is -0.117. The molecular formula is C21H25ClN2O2. The molecule has 0 aromatic heterocycles. The Morgan fingerprint density at radius 1 is 1.12 bits per heavy atom. The van der Waals surface area contributed by atoms with Gasteiger partial charge in [0.25, 0.3) is 5.91 Å². The van der Waals surface area contributed by atoms with Gasteiger partial charge in [0.2, 0.25) is 5.91 Å². The molecule has 2 amide bonds. The van der Waals surface area contributed by atoms with Gasteiger partial charge in [0.05, 0.1) is 0 Å². The van der Waals surface area contributed by atoms with Crippen LogP contribution in [0.2, 0.25) is 5.02 Å². The highest BCUT2D eigenvalue weighted by atomic mass is 35.5. The molecule has 1 N–H and O–H groups in total. The number of amides is 2. The van der Waals surface area contributed by atoms with Crippen molar-refractivity contribution >= 4 is 29.1 Å². The Hall–Kier alpha value is -2.33. The highest BCUT2D eigenvalue weighted by molar-refractivity contribution is 6.30. The second kappa shape index (κ2) is 8.86. The molecule has 1 atom stereocenters. The van der Waals surface area contributed by atoms with Crippen molar-refractivity contribution < 1.29 is 9.59 Å². The van der Waals surface area contributed by atoms with Crippen molar-refractivity contribution in [2.75, 3.05) is 11.9 Å². The Kier molecular flexibility index (Phi) is 6.81. The van der Waals surface area contributed by atoms with Crippen LogP contribution in [0.25, 0.3) is 0 Å². The molecule has 5 heteroatoms. The molecule has 0 bridgehead atoms. The van der Waals surface area contributed by atoms with E-state index < -0.39 is 0 Å². The van der Waals surface area contributed by atoms with Crippen molar-refractivity contribution in [3.05, 3.63) is 64.2 Å². The first kappa shape index (κ1) is 20.0. The molecule has 26 heavy (non-hydrogen) atoms. The van der Waals surface area contributed by atoms with Gasteiger partial charge in [-0.3, -0.25) is 9.59 Å². The van der Waals surface area contributed by atoms with Crippen LogP contribution in [0.4, 0.5) is 5.69 Å². The Balaban J connectivity index is 2.16. The van der Waals surface area contributed by atoms with Gasteiger partial charge < -0.3 is 10.2 Å². The molecule has 0 heterocycles. The number of rotatable bonds is 6. The SMILES string of the molecule is CCC(C)N(CC(=O)Nc1cccc(C)c1C)C(=O)c1ccc(Cl)cc1. The number of nitrogens with zero attached hydrogens (tertiary/aromatic N) is 1. The summed E-state index contributed by atoms with van der Waals surface area (Å²) in [6.45, 7) is 7.91. The first-order chi connectivity index (χ1) is 12.3. The van der Waals surface area contributed by atoms with E-state index in [9.17, 15) is 9.59 Å². The Morgan fingerprint density at radius 2 is 1.77 bits per heavy atom. The van der Waals surface area contributed by atoms with Crippen molar-refractivity contribution in [1.82, 2.24) is 4.90 Å². The van der Waals surface area contributed by atoms with Crippen LogP contribution in [0.1, 0.15) is 41.8 Å². The van der Waals surface area contributed by atoms with Crippen LogP contribution < -0.4 is 5.32 Å². The number of halogens is 1. The van der Waals surface area contributed by atoms with Gasteiger partial charge in [-0.15, -0.1) is 0 Å². The molecule has 0 fully saturated rings. The van der Waals surface area contributed by atoms with Gasteiger partial charge in [-0.25, -0.2) is 0 Å². The van der Waals surface area contributed by atoms with Crippen molar-refractivity contribution in [3.8, 4) is 0 Å². The molecule has 2 rings (SSSR count). The van der Waals surface area contributed by atoms with Gasteiger partial charge in [-0.2, -0.15) is 0 Å². The molecule has 1 unspecified atom stereocenters. The summed E-state index contributed by atoms with van der Waals surface area (Å²) in [6.07, 6.45) is 0.760. The summed E-state index contributed by atoms with van der Waals surface area (Å²) in [7, 11) is 0. The number of carbonyl (C=O) groups is 2. The quantitative estimate of drug-likeness (QED) is 0.789. The fourth-order valence-corrected chi connectivity index (χ4v) is 2.76. The predicted molar refractivity (Wildman–Crippen MR) is 107 cm³/mol. The molecule has 2 aromatic carbocycles. The largest absolute Gasteiger partial charge is 0.327 e. The van der Waals surface area contributed by atoms with E-state index in [1.54, 1.807) is 29.2 Å². The smallest absolute Gasteiger partial charge is 0.254 e. The maximum Gasteiger partial charge on any atom is 0.254 e. The Morgan fingerprint density at radius 3 is 2.38 bits per heavy atom. The fraction of sp³-hybridized carbons (Fsp3) is 0.333. The molecular weight excluding hydrogens is 348 g/mol. The van der Waals surface area contributed by atoms with E-state index in [2.05, 4.69) is 5.32 Å². The van der Waals surface area contributed by atoms with E-state index in [-0.39, 0.29) is 24.4 Å². The third-order valence-corrected chi connectivity index (χ3v) is 4.92. The summed E-state index contributed by atoms with van der Waals surface area (Å²) in [5.41, 5.74) is 3.44. The zero-order valence-electron chi connectivity index (χ0n) is 15.7. The van der Waals surface area contributed by atoms with E-state index in [4.69, 9.17) is 11.6 Å². The highest BCUT2D eigenvalue weighted by Crippen LogP contribution is 2.19. The Bertz CT molecular complexity index is 787. The molecule has 0 saturated carbocycles. The highest BCUT2D eigenvalue weighted by Gasteiger charge is 2.23. The zero-order valence-corrected chi connectivity index (χ0v) is 16.4. The number of carbonyl (C=O) groups excluding carboxylic acids is 2. The van der Waals surface area contributed by atoms with Crippen LogP contribution in [0.15, 0.2) is 42.5 Å². The minimum absolute atomic E-state index is 0.00382. The third-order valence-electron chi connectivity index (χ3n) is 4.67. The number of hydrogen-bond donors (Lipinski definition) is 1. The van der Waals surface area contributed by atoms with Crippen LogP contribution in [-0.2, 0) is 4.79 Å². The lowest BCUT2D eigenvalue weighted by Gasteiger charge is -2.28. The molecule has 0 radical (unpaired) electrons. The maximum absolute atomic E-state index is 12.9. The summed E-state index contributed by atoms with van der Waals surface area (Å²) in [4.78, 5) is 27.0. The lowest BCUT2D eigenvalue weighted by atomic mass is 10.1. The molecule has 0 aliphatic carbocycles. The number of nitrogens with one attached hydrogen (secondary N) is 1. The number of benzene rings is 2. The van der Waals surface area contributed by atoms with Crippen LogP contribution >= 0.6 is 11.6 Å². The van der Waals surface area contributed by atoms with E-state index >= 15 is 0 Å². The lowest BCUT2D eigenvalue weighted by Crippen LogP contribution is -2.43. The Labute approximate surface area is 160 Å². The summed E-state index contributed by atoms with van der Waals surface area (Å²) in [5.74, 6) is -0.381. The number of anilines is 1. The van der Waals surface area contributed by atoms with Gasteiger partial charge >= 0.3 is 0 Å². The standard InChI is InChI=1S/C21H25ClN2O2/c1-5-15(3)24(21(26)17-9-11-18(22)12-10-17)13-20(25)23-19-8-6-7-14(2)16(19)4/h6-12,15H,5,13H2,1-4H3,(H,23,25). The monoisotopic (exact) mass is 372 g/mol. The van der Waals surface area contributed by atoms with Gasteiger partial charge in [-0.05, 0) is 68.7 Å². The molecule has 0 aliphatic rings. The average Bonchev–Trinajstić information content (AvgIpc) is 2.63. The van der Waals surface area contributed by atoms with E-state index in [1.807, 2.05) is 45.9 Å². The zero-order chi connectivity index (χ0) is 19.3. The summed E-state index contributed by atoms with van der Waals surface area (Å²) in [6, 6.07) is 12.5. The van der Waals surface area contributed by atoms with E-state index in [0.29, 0.717) is 10.6 Å². The number of hydrogen-bond acceptors (Lipinski definition) is 2. The average molecular weight is 373 g/mol. The van der Waals surface area contributed by atoms with Crippen LogP contribution in [-0.4, -0.2) is 29.3 Å². The molecule has 2 aromatic rings. The summed E-state index contributed by atoms with van der Waals surface area (Å²) >= 11 is 5.90. The first-order valence-electron chi connectivity index (χ1n) is 8.76. The minimum atomic E-state index is -0.207. The normalized spacial score (nSPS) is 11.7. The van der Waals surface area contributed by atoms with Crippen molar-refractivity contribution in [2.45, 2.75) is 40.2 Å². The fourth-order valence-electron chi connectivity index (χ4n) is 2.64. The minimum Gasteiger partial charge on any atom is -0.327 e. The van der Waals surface area contributed by atoms with E-state index in [1.165, 1.54) is 0 Å². The summed E-state index contributed by atoms with van der Waals surface area (Å²) < 4.78 is 0. The van der Waals surface area contributed by atoms with Gasteiger partial charge in [0.1, 0.15) is 6.54 Å². The predicted octanol–water partition coefficient (Wildman–Crippen LogP) is 4.84. The van der Waals surface area contributed by atoms with Crippen LogP contribution in [0.5, 0.6) is 0 Å². The third kappa shape index (κ3) is 4.85. The van der Waals surface area contributed by atoms with Crippen LogP contribution in [0.3, 0.4) is 0 Å². The van der Waals surface area contributed by atoms with Crippen molar-refractivity contribution in [3.63, 3.8) is 0 Å². The second-order valence-electron chi connectivity index (χ2n) is 6.49. The van der Waals surface area contributed by atoms with Crippen LogP contribution in [0, 0.1) is 13.8 Å².